The van der Waals surface area contributed by atoms with Crippen LogP contribution in [0.2, 0.25) is 10.0 Å². The van der Waals surface area contributed by atoms with Gasteiger partial charge in [0.15, 0.2) is 11.6 Å². The molecule has 1 aromatic heterocycles. The van der Waals surface area contributed by atoms with E-state index >= 15 is 0 Å². The zero-order valence-corrected chi connectivity index (χ0v) is 16.1. The first-order valence-electron chi connectivity index (χ1n) is 8.38. The summed E-state index contributed by atoms with van der Waals surface area (Å²) in [5, 5.41) is 0.976. The van der Waals surface area contributed by atoms with Crippen LogP contribution in [0.3, 0.4) is 0 Å². The highest BCUT2D eigenvalue weighted by atomic mass is 35.5. The van der Waals surface area contributed by atoms with Crippen molar-refractivity contribution in [2.45, 2.75) is 12.6 Å². The SMILES string of the molecule is C=C1Oc2c(Cl)cc(Cl)cc2CN1c1ccc(C(=O)OC2CN(C)C2)nc1. The summed E-state index contributed by atoms with van der Waals surface area (Å²) < 4.78 is 11.2. The number of esters is 1. The van der Waals surface area contributed by atoms with E-state index in [-0.39, 0.29) is 11.8 Å². The van der Waals surface area contributed by atoms with Crippen molar-refractivity contribution >= 4 is 34.9 Å². The molecule has 6 nitrogen and oxygen atoms in total. The fourth-order valence-electron chi connectivity index (χ4n) is 3.11. The Morgan fingerprint density at radius 3 is 2.78 bits per heavy atom. The van der Waals surface area contributed by atoms with Crippen molar-refractivity contribution in [2.24, 2.45) is 0 Å². The maximum Gasteiger partial charge on any atom is 0.357 e. The number of fused-ring (bicyclic) bond motifs is 1. The highest BCUT2D eigenvalue weighted by Crippen LogP contribution is 2.39. The topological polar surface area (TPSA) is 54.9 Å². The van der Waals surface area contributed by atoms with E-state index in [4.69, 9.17) is 32.7 Å². The van der Waals surface area contributed by atoms with E-state index < -0.39 is 5.97 Å². The molecule has 8 heteroatoms. The standard InChI is InChI=1S/C19H17Cl2N3O3/c1-11-24(8-12-5-13(20)6-16(21)18(12)26-11)14-3-4-17(22-7-14)19(25)27-15-9-23(2)10-15/h3-7,15H,1,8-10H2,2H3. The van der Waals surface area contributed by atoms with Gasteiger partial charge in [0.25, 0.3) is 0 Å². The third-order valence-corrected chi connectivity index (χ3v) is 5.01. The highest BCUT2D eigenvalue weighted by Gasteiger charge is 2.28. The van der Waals surface area contributed by atoms with Gasteiger partial charge in [0.05, 0.1) is 23.5 Å². The average Bonchev–Trinajstić information content (AvgIpc) is 2.61. The Hall–Kier alpha value is -2.28. The van der Waals surface area contributed by atoms with Crippen molar-refractivity contribution < 1.29 is 14.3 Å². The normalized spacial score (nSPS) is 17.1. The van der Waals surface area contributed by atoms with E-state index in [9.17, 15) is 4.79 Å². The molecule has 0 spiro atoms. The summed E-state index contributed by atoms with van der Waals surface area (Å²) in [5.74, 6) is 0.555. The van der Waals surface area contributed by atoms with E-state index in [1.165, 1.54) is 0 Å². The molecule has 0 saturated carbocycles. The first-order valence-corrected chi connectivity index (χ1v) is 9.14. The fraction of sp³-hybridized carbons (Fsp3) is 0.263. The fourth-order valence-corrected chi connectivity index (χ4v) is 3.68. The smallest absolute Gasteiger partial charge is 0.357 e. The molecule has 3 heterocycles. The molecule has 27 heavy (non-hydrogen) atoms. The van der Waals surface area contributed by atoms with Crippen LogP contribution in [0.25, 0.3) is 0 Å². The number of nitrogens with zero attached hydrogens (tertiary/aromatic N) is 3. The van der Waals surface area contributed by atoms with Crippen LogP contribution < -0.4 is 9.64 Å². The van der Waals surface area contributed by atoms with Crippen molar-refractivity contribution in [3.8, 4) is 5.75 Å². The zero-order chi connectivity index (χ0) is 19.1. The minimum absolute atomic E-state index is 0.0646. The van der Waals surface area contributed by atoms with E-state index in [1.54, 1.807) is 30.5 Å². The quantitative estimate of drug-likeness (QED) is 0.725. The Labute approximate surface area is 166 Å². The number of likely N-dealkylation sites (N-methyl/N-ethyl adjacent to an activating group) is 1. The summed E-state index contributed by atoms with van der Waals surface area (Å²) in [5.41, 5.74) is 1.85. The van der Waals surface area contributed by atoms with Crippen LogP contribution in [-0.2, 0) is 11.3 Å². The molecule has 1 fully saturated rings. The predicted molar refractivity (Wildman–Crippen MR) is 103 cm³/mol. The van der Waals surface area contributed by atoms with E-state index in [1.807, 2.05) is 11.9 Å². The Kier molecular flexibility index (Phi) is 4.72. The Balaban J connectivity index is 1.50. The third kappa shape index (κ3) is 3.60. The largest absolute Gasteiger partial charge is 0.455 e. The molecule has 1 aromatic carbocycles. The first kappa shape index (κ1) is 18.1. The number of benzene rings is 1. The molecular formula is C19H17Cl2N3O3. The number of ether oxygens (including phenoxy) is 2. The molecule has 0 atom stereocenters. The van der Waals surface area contributed by atoms with Crippen LogP contribution in [0.4, 0.5) is 5.69 Å². The van der Waals surface area contributed by atoms with Crippen LogP contribution in [-0.4, -0.2) is 42.1 Å². The summed E-state index contributed by atoms with van der Waals surface area (Å²) in [6.07, 6.45) is 1.53. The number of likely N-dealkylation sites (tertiary alicyclic amines) is 1. The number of hydrogen-bond donors (Lipinski definition) is 0. The number of carbonyl (C=O) groups is 1. The van der Waals surface area contributed by atoms with Gasteiger partial charge in [-0.2, -0.15) is 0 Å². The lowest BCUT2D eigenvalue weighted by atomic mass is 10.1. The Bertz CT molecular complexity index is 911. The molecule has 2 aromatic rings. The maximum atomic E-state index is 12.2. The summed E-state index contributed by atoms with van der Waals surface area (Å²) in [4.78, 5) is 20.3. The molecule has 2 aliphatic rings. The first-order chi connectivity index (χ1) is 12.9. The molecule has 2 aliphatic heterocycles. The number of anilines is 1. The minimum atomic E-state index is -0.419. The number of hydrogen-bond acceptors (Lipinski definition) is 6. The van der Waals surface area contributed by atoms with Gasteiger partial charge in [-0.05, 0) is 37.9 Å². The summed E-state index contributed by atoms with van der Waals surface area (Å²) in [7, 11) is 1.98. The van der Waals surface area contributed by atoms with Crippen LogP contribution in [0, 0.1) is 0 Å². The minimum Gasteiger partial charge on any atom is -0.455 e. The average molecular weight is 406 g/mol. The second-order valence-electron chi connectivity index (χ2n) is 6.61. The second kappa shape index (κ2) is 7.03. The van der Waals surface area contributed by atoms with Crippen LogP contribution in [0.5, 0.6) is 5.75 Å². The summed E-state index contributed by atoms with van der Waals surface area (Å²) >= 11 is 12.3. The molecule has 0 bridgehead atoms. The second-order valence-corrected chi connectivity index (χ2v) is 7.45. The van der Waals surface area contributed by atoms with Crippen molar-refractivity contribution in [1.29, 1.82) is 0 Å². The summed E-state index contributed by atoms with van der Waals surface area (Å²) in [6, 6.07) is 6.85. The van der Waals surface area contributed by atoms with Gasteiger partial charge in [-0.1, -0.05) is 23.2 Å². The van der Waals surface area contributed by atoms with Gasteiger partial charge in [0.1, 0.15) is 11.8 Å². The van der Waals surface area contributed by atoms with Crippen LogP contribution in [0.1, 0.15) is 16.1 Å². The van der Waals surface area contributed by atoms with Gasteiger partial charge in [-0.3, -0.25) is 4.90 Å². The molecule has 4 rings (SSSR count). The predicted octanol–water partition coefficient (Wildman–Crippen LogP) is 3.73. The molecular weight excluding hydrogens is 389 g/mol. The van der Waals surface area contributed by atoms with Gasteiger partial charge in [0.2, 0.25) is 0 Å². The number of carbonyl (C=O) groups excluding carboxylic acids is 1. The van der Waals surface area contributed by atoms with E-state index in [2.05, 4.69) is 16.5 Å². The lowest BCUT2D eigenvalue weighted by Gasteiger charge is -2.35. The molecule has 0 unspecified atom stereocenters. The molecule has 0 amide bonds. The number of pyridine rings is 1. The van der Waals surface area contributed by atoms with Crippen molar-refractivity contribution in [2.75, 3.05) is 25.0 Å². The van der Waals surface area contributed by atoms with Gasteiger partial charge < -0.3 is 14.4 Å². The molecule has 1 saturated heterocycles. The third-order valence-electron chi connectivity index (χ3n) is 4.51. The lowest BCUT2D eigenvalue weighted by molar-refractivity contribution is -0.0216. The van der Waals surface area contributed by atoms with E-state index in [0.29, 0.717) is 28.2 Å². The molecule has 0 radical (unpaired) electrons. The van der Waals surface area contributed by atoms with Gasteiger partial charge in [-0.15, -0.1) is 0 Å². The molecule has 0 aliphatic carbocycles. The van der Waals surface area contributed by atoms with Crippen molar-refractivity contribution in [1.82, 2.24) is 9.88 Å². The number of halogens is 2. The molecule has 0 N–H and O–H groups in total. The Morgan fingerprint density at radius 1 is 1.33 bits per heavy atom. The van der Waals surface area contributed by atoms with Crippen molar-refractivity contribution in [3.63, 3.8) is 0 Å². The van der Waals surface area contributed by atoms with Gasteiger partial charge in [0, 0.05) is 23.7 Å². The maximum absolute atomic E-state index is 12.2. The summed E-state index contributed by atoms with van der Waals surface area (Å²) in [6.45, 7) is 5.92. The van der Waals surface area contributed by atoms with Crippen molar-refractivity contribution in [3.05, 3.63) is 64.2 Å². The van der Waals surface area contributed by atoms with E-state index in [0.717, 1.165) is 24.3 Å². The number of aromatic nitrogens is 1. The monoisotopic (exact) mass is 405 g/mol. The zero-order valence-electron chi connectivity index (χ0n) is 14.6. The number of rotatable bonds is 3. The molecule has 140 valence electrons. The van der Waals surface area contributed by atoms with Gasteiger partial charge in [-0.25, -0.2) is 9.78 Å². The Morgan fingerprint density at radius 2 is 2.11 bits per heavy atom. The van der Waals surface area contributed by atoms with Crippen LogP contribution >= 0.6 is 23.2 Å². The van der Waals surface area contributed by atoms with Crippen LogP contribution in [0.15, 0.2) is 42.9 Å². The highest BCUT2D eigenvalue weighted by molar-refractivity contribution is 6.35. The lowest BCUT2D eigenvalue weighted by Crippen LogP contribution is -2.50. The van der Waals surface area contributed by atoms with Gasteiger partial charge >= 0.3 is 5.97 Å².